The van der Waals surface area contributed by atoms with E-state index in [-0.39, 0.29) is 5.46 Å². The standard InChI is InChI=1S/C16H21BF2O5/c1-9(14(20)21-6)22-12-8-10(7-11(18)13(12)19)17-23-15(2,3)16(4,5)24-17/h7-9H,1-6H3/t9-/m1/s1. The van der Waals surface area contributed by atoms with Crippen LogP contribution < -0.4 is 10.2 Å². The fourth-order valence-corrected chi connectivity index (χ4v) is 2.19. The second-order valence-corrected chi connectivity index (χ2v) is 6.69. The molecule has 0 amide bonds. The molecule has 1 aromatic rings. The molecule has 8 heteroatoms. The van der Waals surface area contributed by atoms with Crippen molar-refractivity contribution >= 4 is 18.6 Å². The molecule has 1 aliphatic heterocycles. The fraction of sp³-hybridized carbons (Fsp3) is 0.562. The Morgan fingerprint density at radius 1 is 1.17 bits per heavy atom. The van der Waals surface area contributed by atoms with Gasteiger partial charge in [-0.2, -0.15) is 4.39 Å². The van der Waals surface area contributed by atoms with Crippen molar-refractivity contribution in [2.45, 2.75) is 51.9 Å². The Labute approximate surface area is 140 Å². The molecular formula is C16H21BF2O5. The van der Waals surface area contributed by atoms with Crippen molar-refractivity contribution < 1.29 is 32.4 Å². The van der Waals surface area contributed by atoms with Gasteiger partial charge < -0.3 is 18.8 Å². The first-order valence-electron chi connectivity index (χ1n) is 7.57. The van der Waals surface area contributed by atoms with Crippen molar-refractivity contribution in [1.29, 1.82) is 0 Å². The maximum atomic E-state index is 14.0. The van der Waals surface area contributed by atoms with Gasteiger partial charge in [0.25, 0.3) is 0 Å². The highest BCUT2D eigenvalue weighted by molar-refractivity contribution is 6.62. The summed E-state index contributed by atoms with van der Waals surface area (Å²) < 4.78 is 49.2. The van der Waals surface area contributed by atoms with E-state index in [9.17, 15) is 13.6 Å². The second-order valence-electron chi connectivity index (χ2n) is 6.69. The molecule has 1 heterocycles. The first-order valence-corrected chi connectivity index (χ1v) is 7.57. The van der Waals surface area contributed by atoms with E-state index in [2.05, 4.69) is 4.74 Å². The van der Waals surface area contributed by atoms with Crippen LogP contribution in [0.1, 0.15) is 34.6 Å². The normalized spacial score (nSPS) is 19.9. The number of carbonyl (C=O) groups is 1. The summed E-state index contributed by atoms with van der Waals surface area (Å²) >= 11 is 0. The largest absolute Gasteiger partial charge is 0.495 e. The van der Waals surface area contributed by atoms with Gasteiger partial charge in [-0.05, 0) is 52.2 Å². The number of benzene rings is 1. The van der Waals surface area contributed by atoms with Crippen LogP contribution in [0, 0.1) is 11.6 Å². The van der Waals surface area contributed by atoms with Gasteiger partial charge in [0.2, 0.25) is 5.82 Å². The van der Waals surface area contributed by atoms with Crippen LogP contribution in [-0.4, -0.2) is 37.5 Å². The summed E-state index contributed by atoms with van der Waals surface area (Å²) in [5.74, 6) is -3.41. The molecule has 0 saturated carbocycles. The maximum absolute atomic E-state index is 14.0. The number of methoxy groups -OCH3 is 1. The smallest absolute Gasteiger partial charge is 0.476 e. The third-order valence-corrected chi connectivity index (χ3v) is 4.38. The SMILES string of the molecule is COC(=O)[C@@H](C)Oc1cc(B2OC(C)(C)C(C)(C)O2)cc(F)c1F. The molecule has 1 saturated heterocycles. The molecule has 1 aliphatic rings. The van der Waals surface area contributed by atoms with Crippen LogP contribution in [0.5, 0.6) is 5.75 Å². The summed E-state index contributed by atoms with van der Waals surface area (Å²) in [5.41, 5.74) is -0.981. The Morgan fingerprint density at radius 3 is 2.21 bits per heavy atom. The van der Waals surface area contributed by atoms with Gasteiger partial charge in [-0.15, -0.1) is 0 Å². The molecule has 0 radical (unpaired) electrons. The zero-order valence-electron chi connectivity index (χ0n) is 14.6. The number of hydrogen-bond donors (Lipinski definition) is 0. The third-order valence-electron chi connectivity index (χ3n) is 4.38. The van der Waals surface area contributed by atoms with Crippen LogP contribution in [0.2, 0.25) is 0 Å². The first-order chi connectivity index (χ1) is 11.0. The van der Waals surface area contributed by atoms with Crippen LogP contribution in [-0.2, 0) is 18.8 Å². The van der Waals surface area contributed by atoms with E-state index in [0.29, 0.717) is 0 Å². The Bertz CT molecular complexity index is 632. The zero-order chi connectivity index (χ0) is 18.3. The summed E-state index contributed by atoms with van der Waals surface area (Å²) in [6.07, 6.45) is -1.09. The van der Waals surface area contributed by atoms with E-state index in [1.165, 1.54) is 20.1 Å². The highest BCUT2D eigenvalue weighted by atomic mass is 19.2. The molecular weight excluding hydrogens is 321 g/mol. The maximum Gasteiger partial charge on any atom is 0.495 e. The molecule has 1 aromatic carbocycles. The van der Waals surface area contributed by atoms with Crippen LogP contribution in [0.15, 0.2) is 12.1 Å². The molecule has 0 unspecified atom stereocenters. The van der Waals surface area contributed by atoms with Crippen molar-refractivity contribution in [3.05, 3.63) is 23.8 Å². The molecule has 5 nitrogen and oxygen atoms in total. The number of rotatable bonds is 4. The van der Waals surface area contributed by atoms with Crippen molar-refractivity contribution in [3.63, 3.8) is 0 Å². The van der Waals surface area contributed by atoms with Gasteiger partial charge in [0.15, 0.2) is 17.7 Å². The summed E-state index contributed by atoms with van der Waals surface area (Å²) in [6, 6.07) is 2.26. The lowest BCUT2D eigenvalue weighted by atomic mass is 9.79. The first kappa shape index (κ1) is 18.7. The van der Waals surface area contributed by atoms with Gasteiger partial charge in [0.05, 0.1) is 18.3 Å². The summed E-state index contributed by atoms with van der Waals surface area (Å²) in [7, 11) is 0.306. The minimum atomic E-state index is -1.19. The number of ether oxygens (including phenoxy) is 2. The topological polar surface area (TPSA) is 54.0 Å². The van der Waals surface area contributed by atoms with Crippen LogP contribution in [0.25, 0.3) is 0 Å². The predicted molar refractivity (Wildman–Crippen MR) is 84.2 cm³/mol. The van der Waals surface area contributed by atoms with Crippen LogP contribution in [0.3, 0.4) is 0 Å². The molecule has 24 heavy (non-hydrogen) atoms. The van der Waals surface area contributed by atoms with Crippen LogP contribution in [0.4, 0.5) is 8.78 Å². The lowest BCUT2D eigenvalue weighted by molar-refractivity contribution is -0.148. The zero-order valence-corrected chi connectivity index (χ0v) is 14.6. The van der Waals surface area contributed by atoms with E-state index in [1.54, 1.807) is 0 Å². The molecule has 0 aromatic heterocycles. The van der Waals surface area contributed by atoms with E-state index >= 15 is 0 Å². The average Bonchev–Trinajstić information content (AvgIpc) is 2.71. The molecule has 1 atom stereocenters. The number of hydrogen-bond acceptors (Lipinski definition) is 5. The Balaban J connectivity index is 2.32. The Kier molecular flexibility index (Phi) is 4.92. The number of halogens is 2. The lowest BCUT2D eigenvalue weighted by Gasteiger charge is -2.32. The summed E-state index contributed by atoms with van der Waals surface area (Å²) in [5, 5.41) is 0. The van der Waals surface area contributed by atoms with Gasteiger partial charge in [-0.25, -0.2) is 9.18 Å². The molecule has 1 fully saturated rings. The van der Waals surface area contributed by atoms with Crippen molar-refractivity contribution in [2.24, 2.45) is 0 Å². The van der Waals surface area contributed by atoms with E-state index in [4.69, 9.17) is 14.0 Å². The Morgan fingerprint density at radius 2 is 1.71 bits per heavy atom. The third kappa shape index (κ3) is 3.39. The highest BCUT2D eigenvalue weighted by Crippen LogP contribution is 2.37. The average molecular weight is 342 g/mol. The van der Waals surface area contributed by atoms with E-state index in [0.717, 1.165) is 6.07 Å². The molecule has 0 bridgehead atoms. The van der Waals surface area contributed by atoms with Crippen molar-refractivity contribution in [2.75, 3.05) is 7.11 Å². The molecule has 0 spiro atoms. The highest BCUT2D eigenvalue weighted by Gasteiger charge is 2.52. The quantitative estimate of drug-likeness (QED) is 0.620. The molecule has 0 aliphatic carbocycles. The van der Waals surface area contributed by atoms with E-state index < -0.39 is 47.8 Å². The molecule has 132 valence electrons. The predicted octanol–water partition coefficient (Wildman–Crippen LogP) is 2.20. The van der Waals surface area contributed by atoms with Gasteiger partial charge in [0, 0.05) is 0 Å². The lowest BCUT2D eigenvalue weighted by Crippen LogP contribution is -2.41. The fourth-order valence-electron chi connectivity index (χ4n) is 2.19. The number of carbonyl (C=O) groups excluding carboxylic acids is 1. The Hall–Kier alpha value is -1.67. The number of esters is 1. The van der Waals surface area contributed by atoms with Crippen LogP contribution >= 0.6 is 0 Å². The molecule has 0 N–H and O–H groups in total. The van der Waals surface area contributed by atoms with E-state index in [1.807, 2.05) is 27.7 Å². The van der Waals surface area contributed by atoms with Gasteiger partial charge >= 0.3 is 13.1 Å². The second kappa shape index (κ2) is 6.33. The van der Waals surface area contributed by atoms with Gasteiger partial charge in [0.1, 0.15) is 0 Å². The summed E-state index contributed by atoms with van der Waals surface area (Å²) in [6.45, 7) is 8.78. The minimum Gasteiger partial charge on any atom is -0.476 e. The van der Waals surface area contributed by atoms with Gasteiger partial charge in [-0.1, -0.05) is 0 Å². The monoisotopic (exact) mass is 342 g/mol. The minimum absolute atomic E-state index is 0.264. The molecule has 2 rings (SSSR count). The van der Waals surface area contributed by atoms with Crippen molar-refractivity contribution in [1.82, 2.24) is 0 Å². The van der Waals surface area contributed by atoms with Gasteiger partial charge in [-0.3, -0.25) is 0 Å². The summed E-state index contributed by atoms with van der Waals surface area (Å²) in [4.78, 5) is 11.4. The van der Waals surface area contributed by atoms with Crippen molar-refractivity contribution in [3.8, 4) is 5.75 Å².